The van der Waals surface area contributed by atoms with E-state index >= 15 is 0 Å². The number of aromatic nitrogens is 4. The van der Waals surface area contributed by atoms with Crippen LogP contribution in [-0.2, 0) is 18.5 Å². The van der Waals surface area contributed by atoms with E-state index in [0.717, 1.165) is 16.9 Å². The summed E-state index contributed by atoms with van der Waals surface area (Å²) in [4.78, 5) is 22.4. The Morgan fingerprint density at radius 2 is 1.94 bits per heavy atom. The van der Waals surface area contributed by atoms with Crippen LogP contribution in [0.2, 0.25) is 0 Å². The molecule has 0 aliphatic heterocycles. The molecule has 31 heavy (non-hydrogen) atoms. The van der Waals surface area contributed by atoms with E-state index in [4.69, 9.17) is 0 Å². The van der Waals surface area contributed by atoms with Crippen LogP contribution in [-0.4, -0.2) is 32.2 Å². The predicted molar refractivity (Wildman–Crippen MR) is 124 cm³/mol. The molecule has 0 aliphatic rings. The summed E-state index contributed by atoms with van der Waals surface area (Å²) in [5.41, 5.74) is 2.67. The van der Waals surface area contributed by atoms with Crippen LogP contribution in [0.3, 0.4) is 0 Å². The first kappa shape index (κ1) is 21.0. The summed E-state index contributed by atoms with van der Waals surface area (Å²) in [7, 11) is 0. The van der Waals surface area contributed by atoms with Gasteiger partial charge in [-0.15, -0.1) is 11.3 Å². The van der Waals surface area contributed by atoms with Gasteiger partial charge in [0.25, 0.3) is 5.91 Å². The number of hydrogen-bond donors (Lipinski definition) is 2. The molecule has 0 unspecified atom stereocenters. The highest BCUT2D eigenvalue weighted by molar-refractivity contribution is 7.09. The Balaban J connectivity index is 1.37. The molecule has 4 aromatic rings. The van der Waals surface area contributed by atoms with Crippen molar-refractivity contribution in [3.8, 4) is 0 Å². The number of carbonyl (C=O) groups excluding carboxylic acids is 1. The number of amides is 1. The highest BCUT2D eigenvalue weighted by Crippen LogP contribution is 2.22. The summed E-state index contributed by atoms with van der Waals surface area (Å²) in [6, 6.07) is 11.9. The van der Waals surface area contributed by atoms with E-state index in [0.29, 0.717) is 25.2 Å². The first-order valence-electron chi connectivity index (χ1n) is 10.2. The summed E-state index contributed by atoms with van der Waals surface area (Å²) < 4.78 is 1.79. The Hall–Kier alpha value is -3.26. The van der Waals surface area contributed by atoms with Crippen molar-refractivity contribution in [2.45, 2.75) is 39.3 Å². The Labute approximate surface area is 185 Å². The summed E-state index contributed by atoms with van der Waals surface area (Å²) >= 11 is 1.70. The van der Waals surface area contributed by atoms with Gasteiger partial charge in [0.1, 0.15) is 12.1 Å². The normalized spacial score (nSPS) is 11.6. The predicted octanol–water partition coefficient (Wildman–Crippen LogP) is 4.23. The van der Waals surface area contributed by atoms with Crippen LogP contribution < -0.4 is 10.6 Å². The number of rotatable bonds is 7. The van der Waals surface area contributed by atoms with E-state index in [1.54, 1.807) is 22.2 Å². The third-order valence-electron chi connectivity index (χ3n) is 5.07. The highest BCUT2D eigenvalue weighted by Gasteiger charge is 2.14. The van der Waals surface area contributed by atoms with Gasteiger partial charge >= 0.3 is 0 Å². The number of nitrogens with zero attached hydrogens (tertiary/aromatic N) is 4. The van der Waals surface area contributed by atoms with Gasteiger partial charge in [-0.2, -0.15) is 5.10 Å². The van der Waals surface area contributed by atoms with Gasteiger partial charge in [0.05, 0.1) is 24.7 Å². The lowest BCUT2D eigenvalue weighted by Crippen LogP contribution is -2.27. The molecule has 0 saturated heterocycles. The van der Waals surface area contributed by atoms with Crippen molar-refractivity contribution in [1.82, 2.24) is 25.1 Å². The van der Waals surface area contributed by atoms with E-state index in [1.807, 2.05) is 30.3 Å². The first-order valence-corrected chi connectivity index (χ1v) is 11.1. The second-order valence-corrected chi connectivity index (χ2v) is 9.38. The van der Waals surface area contributed by atoms with Gasteiger partial charge in [-0.05, 0) is 34.6 Å². The molecule has 0 atom stereocenters. The smallest absolute Gasteiger partial charge is 0.251 e. The molecule has 0 saturated carbocycles. The molecular formula is C23H26N6OS. The lowest BCUT2D eigenvalue weighted by atomic mass is 9.87. The molecule has 0 fully saturated rings. The summed E-state index contributed by atoms with van der Waals surface area (Å²) in [6.45, 7) is 8.16. The second kappa shape index (κ2) is 8.85. The van der Waals surface area contributed by atoms with Crippen LogP contribution in [0, 0.1) is 0 Å². The minimum absolute atomic E-state index is 0.0650. The number of fused-ring (bicyclic) bond motifs is 1. The average molecular weight is 435 g/mol. The number of carbonyl (C=O) groups is 1. The second-order valence-electron chi connectivity index (χ2n) is 8.34. The zero-order valence-electron chi connectivity index (χ0n) is 17.9. The summed E-state index contributed by atoms with van der Waals surface area (Å²) in [5.74, 6) is 0.664. The first-order chi connectivity index (χ1) is 14.9. The lowest BCUT2D eigenvalue weighted by Gasteiger charge is -2.19. The maximum Gasteiger partial charge on any atom is 0.251 e. The van der Waals surface area contributed by atoms with E-state index < -0.39 is 0 Å². The standard InChI is InChI=1S/C23H26N6OS/c1-23(2,3)17-8-6-16(7-9-17)22(30)24-10-11-29-21-19(14-28-29)20(26-15-27-21)25-13-18-5-4-12-31-18/h4-9,12,14-15H,10-11,13H2,1-3H3,(H,24,30)(H,25,26,27). The zero-order chi connectivity index (χ0) is 21.8. The summed E-state index contributed by atoms with van der Waals surface area (Å²) in [6.07, 6.45) is 3.30. The largest absolute Gasteiger partial charge is 0.364 e. The molecule has 3 heterocycles. The molecule has 8 heteroatoms. The van der Waals surface area contributed by atoms with E-state index in [2.05, 4.69) is 57.9 Å². The van der Waals surface area contributed by atoms with Crippen LogP contribution in [0.4, 0.5) is 5.82 Å². The highest BCUT2D eigenvalue weighted by atomic mass is 32.1. The third kappa shape index (κ3) is 4.91. The van der Waals surface area contributed by atoms with Crippen LogP contribution >= 0.6 is 11.3 Å². The molecule has 4 rings (SSSR count). The molecule has 1 aromatic carbocycles. The van der Waals surface area contributed by atoms with Crippen molar-refractivity contribution in [3.63, 3.8) is 0 Å². The number of nitrogens with one attached hydrogen (secondary N) is 2. The molecule has 1 amide bonds. The van der Waals surface area contributed by atoms with Gasteiger partial charge in [-0.3, -0.25) is 4.79 Å². The molecule has 0 aliphatic carbocycles. The van der Waals surface area contributed by atoms with Gasteiger partial charge in [0, 0.05) is 17.0 Å². The molecule has 0 bridgehead atoms. The molecule has 7 nitrogen and oxygen atoms in total. The number of anilines is 1. The van der Waals surface area contributed by atoms with Crippen LogP contribution in [0.15, 0.2) is 54.3 Å². The van der Waals surface area contributed by atoms with Gasteiger partial charge in [-0.1, -0.05) is 39.0 Å². The number of hydrogen-bond acceptors (Lipinski definition) is 6. The molecule has 2 N–H and O–H groups in total. The van der Waals surface area contributed by atoms with E-state index in [1.165, 1.54) is 16.8 Å². The lowest BCUT2D eigenvalue weighted by molar-refractivity contribution is 0.0952. The molecule has 0 spiro atoms. The van der Waals surface area contributed by atoms with E-state index in [9.17, 15) is 4.79 Å². The summed E-state index contributed by atoms with van der Waals surface area (Å²) in [5, 5.41) is 13.7. The van der Waals surface area contributed by atoms with Crippen LogP contribution in [0.5, 0.6) is 0 Å². The monoisotopic (exact) mass is 434 g/mol. The van der Waals surface area contributed by atoms with Crippen molar-refractivity contribution in [2.24, 2.45) is 0 Å². The zero-order valence-corrected chi connectivity index (χ0v) is 18.7. The fourth-order valence-corrected chi connectivity index (χ4v) is 3.93. The quantitative estimate of drug-likeness (QED) is 0.455. The van der Waals surface area contributed by atoms with E-state index in [-0.39, 0.29) is 11.3 Å². The van der Waals surface area contributed by atoms with Crippen LogP contribution in [0.25, 0.3) is 11.0 Å². The maximum atomic E-state index is 12.5. The Kier molecular flexibility index (Phi) is 5.99. The van der Waals surface area contributed by atoms with Gasteiger partial charge in [0.15, 0.2) is 5.65 Å². The average Bonchev–Trinajstić information content (AvgIpc) is 3.42. The molecule has 3 aromatic heterocycles. The van der Waals surface area contributed by atoms with Crippen molar-refractivity contribution in [3.05, 3.63) is 70.3 Å². The number of thiophene rings is 1. The van der Waals surface area contributed by atoms with Crippen molar-refractivity contribution in [2.75, 3.05) is 11.9 Å². The van der Waals surface area contributed by atoms with Crippen molar-refractivity contribution >= 4 is 34.1 Å². The SMILES string of the molecule is CC(C)(C)c1ccc(C(=O)NCCn2ncc3c(NCc4cccs4)ncnc32)cc1. The maximum absolute atomic E-state index is 12.5. The molecule has 160 valence electrons. The Morgan fingerprint density at radius 3 is 2.65 bits per heavy atom. The van der Waals surface area contributed by atoms with Gasteiger partial charge in [-0.25, -0.2) is 14.6 Å². The van der Waals surface area contributed by atoms with Crippen LogP contribution in [0.1, 0.15) is 41.6 Å². The molecule has 0 radical (unpaired) electrons. The minimum atomic E-state index is -0.0927. The molecular weight excluding hydrogens is 408 g/mol. The van der Waals surface area contributed by atoms with Gasteiger partial charge < -0.3 is 10.6 Å². The third-order valence-corrected chi connectivity index (χ3v) is 5.94. The number of benzene rings is 1. The minimum Gasteiger partial charge on any atom is -0.364 e. The Morgan fingerprint density at radius 1 is 1.13 bits per heavy atom. The topological polar surface area (TPSA) is 84.7 Å². The van der Waals surface area contributed by atoms with Gasteiger partial charge in [0.2, 0.25) is 0 Å². The van der Waals surface area contributed by atoms with Crippen molar-refractivity contribution < 1.29 is 4.79 Å². The van der Waals surface area contributed by atoms with Crippen molar-refractivity contribution in [1.29, 1.82) is 0 Å². The fraction of sp³-hybridized carbons (Fsp3) is 0.304. The Bertz CT molecular complexity index is 1160. The fourth-order valence-electron chi connectivity index (χ4n) is 3.28.